The molecule has 1 aliphatic rings. The Bertz CT molecular complexity index is 615. The number of nitrogens with zero attached hydrogens (tertiary/aromatic N) is 2. The van der Waals surface area contributed by atoms with E-state index in [0.29, 0.717) is 6.42 Å². The van der Waals surface area contributed by atoms with Crippen LogP contribution >= 0.6 is 47.5 Å². The van der Waals surface area contributed by atoms with Crippen LogP contribution in [0.1, 0.15) is 12.1 Å². The average molecular weight is 423 g/mol. The number of hydrogen-bond donors (Lipinski definition) is 2. The highest BCUT2D eigenvalue weighted by atomic mass is 35.5. The number of nitrogens with one attached hydrogen (secondary N) is 2. The summed E-state index contributed by atoms with van der Waals surface area (Å²) in [5.41, 5.74) is 0.859. The lowest BCUT2D eigenvalue weighted by molar-refractivity contribution is -0.120. The van der Waals surface area contributed by atoms with Crippen molar-refractivity contribution in [3.8, 4) is 9.88 Å². The predicted octanol–water partition coefficient (Wildman–Crippen LogP) is 2.67. The molecule has 2 aromatic rings. The number of aromatic nitrogens is 1. The molecule has 140 valence electrons. The highest BCUT2D eigenvalue weighted by Crippen LogP contribution is 2.27. The second-order valence-corrected chi connectivity index (χ2v) is 7.40. The van der Waals surface area contributed by atoms with Crippen LogP contribution in [0.3, 0.4) is 0 Å². The van der Waals surface area contributed by atoms with E-state index in [2.05, 4.69) is 26.6 Å². The number of hydrogen-bond acceptors (Lipinski definition) is 6. The summed E-state index contributed by atoms with van der Waals surface area (Å²) in [5, 5.41) is 11.4. The first-order valence-corrected chi connectivity index (χ1v) is 9.75. The van der Waals surface area contributed by atoms with Gasteiger partial charge in [0.1, 0.15) is 5.01 Å². The van der Waals surface area contributed by atoms with E-state index >= 15 is 0 Å². The number of halogens is 2. The fourth-order valence-electron chi connectivity index (χ4n) is 2.59. The van der Waals surface area contributed by atoms with Crippen LogP contribution in [0.2, 0.25) is 0 Å². The van der Waals surface area contributed by atoms with Crippen LogP contribution in [0.25, 0.3) is 9.88 Å². The summed E-state index contributed by atoms with van der Waals surface area (Å²) in [6.07, 6.45) is 1.37. The van der Waals surface area contributed by atoms with Crippen LogP contribution in [0.4, 0.5) is 0 Å². The number of rotatable bonds is 7. The summed E-state index contributed by atoms with van der Waals surface area (Å²) in [7, 11) is 0. The number of thiophene rings is 1. The predicted molar refractivity (Wildman–Crippen MR) is 111 cm³/mol. The van der Waals surface area contributed by atoms with Gasteiger partial charge in [0.2, 0.25) is 5.91 Å². The average Bonchev–Trinajstić information content (AvgIpc) is 3.24. The van der Waals surface area contributed by atoms with Gasteiger partial charge in [0.05, 0.1) is 17.0 Å². The summed E-state index contributed by atoms with van der Waals surface area (Å²) < 4.78 is 0. The Morgan fingerprint density at radius 1 is 1.28 bits per heavy atom. The van der Waals surface area contributed by atoms with Crippen molar-refractivity contribution in [2.45, 2.75) is 12.8 Å². The van der Waals surface area contributed by atoms with Crippen molar-refractivity contribution < 1.29 is 4.79 Å². The Morgan fingerprint density at radius 3 is 2.80 bits per heavy atom. The molecule has 1 aliphatic heterocycles. The van der Waals surface area contributed by atoms with Gasteiger partial charge in [0.15, 0.2) is 0 Å². The third kappa shape index (κ3) is 7.21. The quantitative estimate of drug-likeness (QED) is 0.673. The van der Waals surface area contributed by atoms with Crippen LogP contribution in [-0.4, -0.2) is 55.1 Å². The first-order chi connectivity index (χ1) is 11.3. The van der Waals surface area contributed by atoms with Crippen molar-refractivity contribution in [1.82, 2.24) is 20.5 Å². The Morgan fingerprint density at radius 2 is 2.08 bits per heavy atom. The van der Waals surface area contributed by atoms with Crippen molar-refractivity contribution in [2.24, 2.45) is 0 Å². The van der Waals surface area contributed by atoms with E-state index < -0.39 is 0 Å². The van der Waals surface area contributed by atoms with Gasteiger partial charge in [0, 0.05) is 38.1 Å². The molecule has 3 rings (SSSR count). The van der Waals surface area contributed by atoms with E-state index in [1.165, 1.54) is 0 Å². The van der Waals surface area contributed by atoms with E-state index in [1.54, 1.807) is 22.7 Å². The van der Waals surface area contributed by atoms with E-state index in [-0.39, 0.29) is 30.7 Å². The molecule has 0 aromatic carbocycles. The zero-order chi connectivity index (χ0) is 15.9. The molecule has 0 unspecified atom stereocenters. The molecule has 3 heterocycles. The topological polar surface area (TPSA) is 57.3 Å². The molecule has 2 N–H and O–H groups in total. The first kappa shape index (κ1) is 22.3. The van der Waals surface area contributed by atoms with Crippen LogP contribution in [0.15, 0.2) is 22.9 Å². The highest BCUT2D eigenvalue weighted by molar-refractivity contribution is 7.20. The van der Waals surface area contributed by atoms with Crippen molar-refractivity contribution in [1.29, 1.82) is 0 Å². The number of thiazole rings is 1. The van der Waals surface area contributed by atoms with Crippen LogP contribution in [-0.2, 0) is 11.2 Å². The van der Waals surface area contributed by atoms with E-state index in [1.807, 2.05) is 16.8 Å². The third-order valence-corrected chi connectivity index (χ3v) is 5.74. The maximum atomic E-state index is 12.0. The van der Waals surface area contributed by atoms with Gasteiger partial charge in [-0.3, -0.25) is 4.79 Å². The molecule has 0 saturated carbocycles. The zero-order valence-electron chi connectivity index (χ0n) is 13.9. The molecular weight excluding hydrogens is 399 g/mol. The third-order valence-electron chi connectivity index (χ3n) is 3.81. The number of piperazine rings is 1. The minimum Gasteiger partial charge on any atom is -0.356 e. The first-order valence-electron chi connectivity index (χ1n) is 7.99. The van der Waals surface area contributed by atoms with Crippen LogP contribution in [0, 0.1) is 0 Å². The normalized spacial score (nSPS) is 14.4. The van der Waals surface area contributed by atoms with E-state index in [4.69, 9.17) is 0 Å². The van der Waals surface area contributed by atoms with Crippen molar-refractivity contribution in [2.75, 3.05) is 39.3 Å². The molecule has 0 spiro atoms. The molecular formula is C16H24Cl2N4OS2. The van der Waals surface area contributed by atoms with Gasteiger partial charge >= 0.3 is 0 Å². The lowest BCUT2D eigenvalue weighted by Gasteiger charge is -2.27. The highest BCUT2D eigenvalue weighted by Gasteiger charge is 2.11. The van der Waals surface area contributed by atoms with Crippen molar-refractivity contribution >= 4 is 53.4 Å². The molecule has 5 nitrogen and oxygen atoms in total. The summed E-state index contributed by atoms with van der Waals surface area (Å²) >= 11 is 3.28. The largest absolute Gasteiger partial charge is 0.356 e. The van der Waals surface area contributed by atoms with Crippen molar-refractivity contribution in [3.05, 3.63) is 28.6 Å². The van der Waals surface area contributed by atoms with Crippen LogP contribution < -0.4 is 10.6 Å². The molecule has 1 saturated heterocycles. The Kier molecular flexibility index (Phi) is 10.6. The van der Waals surface area contributed by atoms with Crippen molar-refractivity contribution in [3.63, 3.8) is 0 Å². The minimum absolute atomic E-state index is 0. The van der Waals surface area contributed by atoms with E-state index in [0.717, 1.165) is 61.3 Å². The Balaban J connectivity index is 0.00000156. The molecule has 1 amide bonds. The Labute approximate surface area is 169 Å². The number of amides is 1. The fourth-order valence-corrected chi connectivity index (χ4v) is 4.23. The molecule has 0 atom stereocenters. The standard InChI is InChI=1S/C16H22N4OS2.2ClH/c21-15(18-4-2-7-20-8-5-17-6-9-20)11-13-12-23-16(19-13)14-3-1-10-22-14;;/h1,3,10,12,17H,2,4-9,11H2,(H,18,21);2*1H. The van der Waals surface area contributed by atoms with Gasteiger partial charge < -0.3 is 15.5 Å². The second-order valence-electron chi connectivity index (χ2n) is 5.59. The van der Waals surface area contributed by atoms with Gasteiger partial charge in [-0.1, -0.05) is 6.07 Å². The fraction of sp³-hybridized carbons (Fsp3) is 0.500. The molecule has 9 heteroatoms. The zero-order valence-corrected chi connectivity index (χ0v) is 17.2. The number of carbonyl (C=O) groups excluding carboxylic acids is 1. The number of carbonyl (C=O) groups is 1. The van der Waals surface area contributed by atoms with Gasteiger partial charge in [-0.2, -0.15) is 0 Å². The summed E-state index contributed by atoms with van der Waals surface area (Å²) in [4.78, 5) is 20.1. The van der Waals surface area contributed by atoms with Crippen LogP contribution in [0.5, 0.6) is 0 Å². The smallest absolute Gasteiger partial charge is 0.226 e. The SMILES string of the molecule is Cl.Cl.O=C(Cc1csc(-c2cccs2)n1)NCCCN1CCNCC1. The van der Waals surface area contributed by atoms with Gasteiger partial charge in [-0.15, -0.1) is 47.5 Å². The molecule has 1 fully saturated rings. The maximum absolute atomic E-state index is 12.0. The molecule has 25 heavy (non-hydrogen) atoms. The summed E-state index contributed by atoms with van der Waals surface area (Å²) in [6.45, 7) is 6.16. The van der Waals surface area contributed by atoms with Gasteiger partial charge in [0.25, 0.3) is 0 Å². The van der Waals surface area contributed by atoms with Gasteiger partial charge in [-0.25, -0.2) is 4.98 Å². The second kappa shape index (κ2) is 11.8. The summed E-state index contributed by atoms with van der Waals surface area (Å²) in [6, 6.07) is 4.08. The molecule has 0 aliphatic carbocycles. The lowest BCUT2D eigenvalue weighted by Crippen LogP contribution is -2.44. The van der Waals surface area contributed by atoms with E-state index in [9.17, 15) is 4.79 Å². The molecule has 2 aromatic heterocycles. The monoisotopic (exact) mass is 422 g/mol. The van der Waals surface area contributed by atoms with Gasteiger partial charge in [-0.05, 0) is 24.4 Å². The summed E-state index contributed by atoms with van der Waals surface area (Å²) in [5.74, 6) is 0.0633. The maximum Gasteiger partial charge on any atom is 0.226 e. The molecule has 0 bridgehead atoms. The lowest BCUT2D eigenvalue weighted by atomic mass is 10.3. The Hall–Kier alpha value is -0.700. The molecule has 0 radical (unpaired) electrons. The minimum atomic E-state index is 0.